The summed E-state index contributed by atoms with van der Waals surface area (Å²) in [6.45, 7) is 4.08. The summed E-state index contributed by atoms with van der Waals surface area (Å²) in [6.07, 6.45) is 0. The number of nitrogens with zero attached hydrogens (tertiary/aromatic N) is 3. The Labute approximate surface area is 233 Å². The van der Waals surface area contributed by atoms with Gasteiger partial charge in [0.2, 0.25) is 0 Å². The van der Waals surface area contributed by atoms with Gasteiger partial charge in [0, 0.05) is 33.3 Å². The zero-order chi connectivity index (χ0) is 27.1. The zero-order valence-electron chi connectivity index (χ0n) is 22.5. The van der Waals surface area contributed by atoms with E-state index in [1.807, 2.05) is 19.1 Å². The third-order valence-electron chi connectivity index (χ3n) is 7.38. The van der Waals surface area contributed by atoms with Crippen LogP contribution in [0.5, 0.6) is 0 Å². The van der Waals surface area contributed by atoms with E-state index >= 15 is 0 Å². The summed E-state index contributed by atoms with van der Waals surface area (Å²) in [5.41, 5.74) is 12.5. The minimum atomic E-state index is 0.942. The lowest BCUT2D eigenvalue weighted by Gasteiger charge is -2.13. The number of rotatable bonds is 4. The molecule has 0 atom stereocenters. The topological polar surface area (TPSA) is 38.7 Å². The molecule has 7 rings (SSSR count). The summed E-state index contributed by atoms with van der Waals surface area (Å²) in [4.78, 5) is 14.9. The molecule has 0 amide bonds. The van der Waals surface area contributed by atoms with Crippen LogP contribution in [0, 0.1) is 13.8 Å². The Morgan fingerprint density at radius 3 is 1.80 bits per heavy atom. The highest BCUT2D eigenvalue weighted by atomic mass is 14.8. The van der Waals surface area contributed by atoms with Crippen molar-refractivity contribution >= 4 is 21.8 Å². The number of fused-ring (bicyclic) bond motifs is 3. The van der Waals surface area contributed by atoms with Gasteiger partial charge in [-0.3, -0.25) is 9.97 Å². The van der Waals surface area contributed by atoms with E-state index in [1.54, 1.807) is 0 Å². The first-order chi connectivity index (χ1) is 19.6. The van der Waals surface area contributed by atoms with Crippen molar-refractivity contribution in [3.05, 3.63) is 139 Å². The Kier molecular flexibility index (Phi) is 5.90. The second kappa shape index (κ2) is 9.87. The summed E-state index contributed by atoms with van der Waals surface area (Å²) in [7, 11) is 0. The average molecular weight is 514 g/mol. The van der Waals surface area contributed by atoms with E-state index in [0.717, 1.165) is 72.4 Å². The minimum absolute atomic E-state index is 0.942. The van der Waals surface area contributed by atoms with Crippen molar-refractivity contribution in [2.45, 2.75) is 13.8 Å². The second-order valence-corrected chi connectivity index (χ2v) is 10.2. The van der Waals surface area contributed by atoms with Gasteiger partial charge in [-0.15, -0.1) is 0 Å². The number of hydrogen-bond donors (Lipinski definition) is 0. The van der Waals surface area contributed by atoms with Gasteiger partial charge < -0.3 is 0 Å². The fraction of sp³-hybridized carbons (Fsp3) is 0.0541. The summed E-state index contributed by atoms with van der Waals surface area (Å²) in [6, 6.07) is 44.6. The highest BCUT2D eigenvalue weighted by Crippen LogP contribution is 2.35. The van der Waals surface area contributed by atoms with Crippen LogP contribution in [0.3, 0.4) is 0 Å². The molecule has 190 valence electrons. The molecule has 0 aliphatic rings. The lowest BCUT2D eigenvalue weighted by atomic mass is 9.95. The fourth-order valence-electron chi connectivity index (χ4n) is 5.41. The van der Waals surface area contributed by atoms with Crippen LogP contribution in [-0.4, -0.2) is 15.0 Å². The van der Waals surface area contributed by atoms with Crippen molar-refractivity contribution in [1.82, 2.24) is 15.0 Å². The Hall–Kier alpha value is -5.15. The molecule has 0 fully saturated rings. The van der Waals surface area contributed by atoms with E-state index in [-0.39, 0.29) is 0 Å². The standard InChI is InChI=1S/C37H27N3/c1-24-16-17-28-18-19-32-33(20-25(2)39-37(32)36(28)38-24)29-14-9-15-30(21-29)35-23-31(26-10-5-3-6-11-26)22-34(40-35)27-12-7-4-8-13-27/h3-23H,1-2H3. The van der Waals surface area contributed by atoms with Crippen LogP contribution in [0.15, 0.2) is 127 Å². The molecule has 0 saturated heterocycles. The van der Waals surface area contributed by atoms with Crippen molar-refractivity contribution in [1.29, 1.82) is 0 Å². The van der Waals surface area contributed by atoms with E-state index in [9.17, 15) is 0 Å². The number of aryl methyl sites for hydroxylation is 2. The van der Waals surface area contributed by atoms with Crippen LogP contribution < -0.4 is 0 Å². The maximum Gasteiger partial charge on any atom is 0.0974 e. The molecule has 3 heterocycles. The largest absolute Gasteiger partial charge is 0.251 e. The SMILES string of the molecule is Cc1ccc2ccc3c(-c4cccc(-c5cc(-c6ccccc6)cc(-c6ccccc6)n5)c4)cc(C)nc3c2n1. The third-order valence-corrected chi connectivity index (χ3v) is 7.38. The Balaban J connectivity index is 1.41. The molecule has 3 aromatic heterocycles. The molecule has 0 saturated carbocycles. The van der Waals surface area contributed by atoms with Gasteiger partial charge in [0.25, 0.3) is 0 Å². The first-order valence-corrected chi connectivity index (χ1v) is 13.5. The highest BCUT2D eigenvalue weighted by molar-refractivity contribution is 6.08. The first-order valence-electron chi connectivity index (χ1n) is 13.5. The molecule has 3 heteroatoms. The molecule has 0 N–H and O–H groups in total. The van der Waals surface area contributed by atoms with Crippen LogP contribution >= 0.6 is 0 Å². The van der Waals surface area contributed by atoms with Crippen LogP contribution in [0.2, 0.25) is 0 Å². The van der Waals surface area contributed by atoms with E-state index in [0.29, 0.717) is 0 Å². The quantitative estimate of drug-likeness (QED) is 0.220. The molecule has 0 aliphatic carbocycles. The Bertz CT molecular complexity index is 1950. The first kappa shape index (κ1) is 23.9. The molecule has 0 bridgehead atoms. The van der Waals surface area contributed by atoms with Crippen LogP contribution in [0.4, 0.5) is 0 Å². The normalized spacial score (nSPS) is 11.2. The van der Waals surface area contributed by atoms with Gasteiger partial charge in [0.1, 0.15) is 0 Å². The maximum absolute atomic E-state index is 5.14. The van der Waals surface area contributed by atoms with Crippen LogP contribution in [-0.2, 0) is 0 Å². The second-order valence-electron chi connectivity index (χ2n) is 10.2. The molecule has 0 radical (unpaired) electrons. The van der Waals surface area contributed by atoms with Crippen molar-refractivity contribution in [2.75, 3.05) is 0 Å². The van der Waals surface area contributed by atoms with Gasteiger partial charge in [-0.2, -0.15) is 0 Å². The lowest BCUT2D eigenvalue weighted by Crippen LogP contribution is -1.94. The molecule has 4 aromatic carbocycles. The van der Waals surface area contributed by atoms with Crippen molar-refractivity contribution in [2.24, 2.45) is 0 Å². The van der Waals surface area contributed by atoms with Crippen molar-refractivity contribution in [3.8, 4) is 44.8 Å². The molecule has 0 spiro atoms. The zero-order valence-corrected chi connectivity index (χ0v) is 22.5. The molecular formula is C37H27N3. The number of pyridine rings is 3. The van der Waals surface area contributed by atoms with Gasteiger partial charge >= 0.3 is 0 Å². The van der Waals surface area contributed by atoms with E-state index in [2.05, 4.69) is 122 Å². The van der Waals surface area contributed by atoms with Gasteiger partial charge in [-0.05, 0) is 66.4 Å². The maximum atomic E-state index is 5.14. The molecule has 7 aromatic rings. The van der Waals surface area contributed by atoms with Gasteiger partial charge in [0.15, 0.2) is 0 Å². The molecular weight excluding hydrogens is 486 g/mol. The molecule has 0 aliphatic heterocycles. The van der Waals surface area contributed by atoms with Gasteiger partial charge in [-0.1, -0.05) is 97.1 Å². The highest BCUT2D eigenvalue weighted by Gasteiger charge is 2.13. The smallest absolute Gasteiger partial charge is 0.0974 e. The average Bonchev–Trinajstić information content (AvgIpc) is 3.01. The van der Waals surface area contributed by atoms with Gasteiger partial charge in [0.05, 0.1) is 22.4 Å². The minimum Gasteiger partial charge on any atom is -0.251 e. The Morgan fingerprint density at radius 1 is 0.400 bits per heavy atom. The molecule has 0 unspecified atom stereocenters. The third kappa shape index (κ3) is 4.42. The lowest BCUT2D eigenvalue weighted by molar-refractivity contribution is 1.23. The van der Waals surface area contributed by atoms with Crippen LogP contribution in [0.1, 0.15) is 11.4 Å². The van der Waals surface area contributed by atoms with Gasteiger partial charge in [-0.25, -0.2) is 4.98 Å². The number of aromatic nitrogens is 3. The summed E-state index contributed by atoms with van der Waals surface area (Å²) >= 11 is 0. The fourth-order valence-corrected chi connectivity index (χ4v) is 5.41. The monoisotopic (exact) mass is 513 g/mol. The van der Waals surface area contributed by atoms with E-state index < -0.39 is 0 Å². The predicted molar refractivity (Wildman–Crippen MR) is 166 cm³/mol. The summed E-state index contributed by atoms with van der Waals surface area (Å²) < 4.78 is 0. The summed E-state index contributed by atoms with van der Waals surface area (Å²) in [5, 5.41) is 2.20. The van der Waals surface area contributed by atoms with Crippen LogP contribution in [0.25, 0.3) is 66.6 Å². The van der Waals surface area contributed by atoms with E-state index in [1.165, 1.54) is 5.56 Å². The van der Waals surface area contributed by atoms with Crippen molar-refractivity contribution < 1.29 is 0 Å². The Morgan fingerprint density at radius 2 is 1.02 bits per heavy atom. The van der Waals surface area contributed by atoms with E-state index in [4.69, 9.17) is 15.0 Å². The number of hydrogen-bond acceptors (Lipinski definition) is 3. The summed E-state index contributed by atoms with van der Waals surface area (Å²) in [5.74, 6) is 0. The number of benzene rings is 4. The molecule has 3 nitrogen and oxygen atoms in total. The van der Waals surface area contributed by atoms with Crippen molar-refractivity contribution in [3.63, 3.8) is 0 Å². The molecule has 40 heavy (non-hydrogen) atoms. The predicted octanol–water partition coefficient (Wildman–Crippen LogP) is 9.46.